The minimum absolute atomic E-state index is 0.239. The average Bonchev–Trinajstić information content (AvgIpc) is 3.20. The van der Waals surface area contributed by atoms with E-state index in [1.807, 2.05) is 25.2 Å². The Morgan fingerprint density at radius 1 is 1.20 bits per heavy atom. The van der Waals surface area contributed by atoms with E-state index < -0.39 is 0 Å². The maximum atomic E-state index is 12.7. The SMILES string of the molecule is COc1cccc(C(=O)Nc2ccc(OCCNCC=O)c(-c3ccnn3C)c2)c1. The number of aldehydes is 1. The Labute approximate surface area is 174 Å². The first kappa shape index (κ1) is 21.1. The van der Waals surface area contributed by atoms with Crippen molar-refractivity contribution in [1.82, 2.24) is 15.1 Å². The van der Waals surface area contributed by atoms with Crippen LogP contribution in [-0.4, -0.2) is 48.8 Å². The third kappa shape index (κ3) is 5.24. The maximum absolute atomic E-state index is 12.7. The molecule has 0 aliphatic heterocycles. The van der Waals surface area contributed by atoms with Crippen LogP contribution in [0.15, 0.2) is 54.7 Å². The van der Waals surface area contributed by atoms with Gasteiger partial charge in [0, 0.05) is 36.6 Å². The first-order chi connectivity index (χ1) is 14.6. The minimum atomic E-state index is -0.239. The van der Waals surface area contributed by atoms with Crippen LogP contribution in [0.1, 0.15) is 10.4 Å². The van der Waals surface area contributed by atoms with E-state index in [0.717, 1.165) is 17.5 Å². The van der Waals surface area contributed by atoms with Crippen LogP contribution >= 0.6 is 0 Å². The van der Waals surface area contributed by atoms with Gasteiger partial charge in [0.25, 0.3) is 5.91 Å². The second-order valence-corrected chi connectivity index (χ2v) is 6.46. The molecule has 0 aliphatic carbocycles. The molecular weight excluding hydrogens is 384 g/mol. The summed E-state index contributed by atoms with van der Waals surface area (Å²) in [5, 5.41) is 10.1. The fourth-order valence-corrected chi connectivity index (χ4v) is 2.93. The van der Waals surface area contributed by atoms with Gasteiger partial charge in [0.15, 0.2) is 0 Å². The van der Waals surface area contributed by atoms with Crippen molar-refractivity contribution in [1.29, 1.82) is 0 Å². The Bertz CT molecular complexity index is 1020. The van der Waals surface area contributed by atoms with Crippen LogP contribution in [-0.2, 0) is 11.8 Å². The van der Waals surface area contributed by atoms with Gasteiger partial charge in [-0.1, -0.05) is 6.07 Å². The van der Waals surface area contributed by atoms with Gasteiger partial charge in [-0.05, 0) is 42.5 Å². The second-order valence-electron chi connectivity index (χ2n) is 6.46. The lowest BCUT2D eigenvalue weighted by Crippen LogP contribution is -2.22. The van der Waals surface area contributed by atoms with Crippen molar-refractivity contribution in [3.8, 4) is 22.8 Å². The Balaban J connectivity index is 1.81. The van der Waals surface area contributed by atoms with E-state index in [-0.39, 0.29) is 12.5 Å². The molecule has 3 rings (SSSR count). The molecule has 30 heavy (non-hydrogen) atoms. The average molecular weight is 408 g/mol. The van der Waals surface area contributed by atoms with Crippen molar-refractivity contribution in [3.05, 3.63) is 60.3 Å². The number of nitrogens with one attached hydrogen (secondary N) is 2. The number of rotatable bonds is 10. The molecule has 0 fully saturated rings. The molecule has 0 saturated carbocycles. The Morgan fingerprint density at radius 3 is 2.80 bits per heavy atom. The topological polar surface area (TPSA) is 94.5 Å². The molecule has 0 saturated heterocycles. The number of ether oxygens (including phenoxy) is 2. The maximum Gasteiger partial charge on any atom is 0.255 e. The number of aromatic nitrogens is 2. The summed E-state index contributed by atoms with van der Waals surface area (Å²) in [6.45, 7) is 1.22. The van der Waals surface area contributed by atoms with E-state index in [2.05, 4.69) is 15.7 Å². The predicted molar refractivity (Wildman–Crippen MR) is 114 cm³/mol. The van der Waals surface area contributed by atoms with Gasteiger partial charge in [0.2, 0.25) is 0 Å². The molecule has 1 heterocycles. The molecule has 1 aromatic heterocycles. The smallest absolute Gasteiger partial charge is 0.255 e. The standard InChI is InChI=1S/C22H24N4O4/c1-26-20(8-9-24-26)19-15-17(6-7-21(19)30-13-11-23-10-12-27)25-22(28)16-4-3-5-18(14-16)29-2/h3-9,12,14-15,23H,10-11,13H2,1-2H3,(H,25,28). The van der Waals surface area contributed by atoms with Crippen LogP contribution in [0.2, 0.25) is 0 Å². The summed E-state index contributed by atoms with van der Waals surface area (Å²) in [6, 6.07) is 14.3. The molecular formula is C22H24N4O4. The molecule has 2 N–H and O–H groups in total. The van der Waals surface area contributed by atoms with E-state index >= 15 is 0 Å². The molecule has 1 amide bonds. The monoisotopic (exact) mass is 408 g/mol. The molecule has 0 bridgehead atoms. The molecule has 0 aliphatic rings. The Hall–Kier alpha value is -3.65. The molecule has 0 unspecified atom stereocenters. The molecule has 2 aromatic carbocycles. The highest BCUT2D eigenvalue weighted by Gasteiger charge is 2.13. The second kappa shape index (κ2) is 10.2. The van der Waals surface area contributed by atoms with Crippen LogP contribution in [0.5, 0.6) is 11.5 Å². The number of carbonyl (C=O) groups is 2. The summed E-state index contributed by atoms with van der Waals surface area (Å²) in [6.07, 6.45) is 2.51. The molecule has 8 nitrogen and oxygen atoms in total. The Morgan fingerprint density at radius 2 is 2.07 bits per heavy atom. The summed E-state index contributed by atoms with van der Waals surface area (Å²) in [5.74, 6) is 1.03. The van der Waals surface area contributed by atoms with Crippen LogP contribution in [0.25, 0.3) is 11.3 Å². The zero-order valence-electron chi connectivity index (χ0n) is 16.9. The Kier molecular flexibility index (Phi) is 7.18. The van der Waals surface area contributed by atoms with Gasteiger partial charge >= 0.3 is 0 Å². The van der Waals surface area contributed by atoms with Gasteiger partial charge in [-0.3, -0.25) is 9.48 Å². The van der Waals surface area contributed by atoms with Gasteiger partial charge in [0.05, 0.1) is 19.3 Å². The van der Waals surface area contributed by atoms with Crippen LogP contribution in [0, 0.1) is 0 Å². The number of aryl methyl sites for hydroxylation is 1. The predicted octanol–water partition coefficient (Wildman–Crippen LogP) is 2.52. The van der Waals surface area contributed by atoms with Gasteiger partial charge < -0.3 is 24.9 Å². The highest BCUT2D eigenvalue weighted by molar-refractivity contribution is 6.04. The normalized spacial score (nSPS) is 10.5. The summed E-state index contributed by atoms with van der Waals surface area (Å²) in [4.78, 5) is 23.0. The van der Waals surface area contributed by atoms with Gasteiger partial charge in [-0.2, -0.15) is 5.10 Å². The first-order valence-corrected chi connectivity index (χ1v) is 9.47. The van der Waals surface area contributed by atoms with E-state index in [0.29, 0.717) is 35.9 Å². The number of nitrogens with zero attached hydrogens (tertiary/aromatic N) is 2. The largest absolute Gasteiger partial charge is 0.497 e. The molecule has 0 atom stereocenters. The molecule has 0 spiro atoms. The fraction of sp³-hybridized carbons (Fsp3) is 0.227. The summed E-state index contributed by atoms with van der Waals surface area (Å²) >= 11 is 0. The van der Waals surface area contributed by atoms with E-state index in [1.165, 1.54) is 0 Å². The first-order valence-electron chi connectivity index (χ1n) is 9.47. The quantitative estimate of drug-likeness (QED) is 0.395. The molecule has 8 heteroatoms. The lowest BCUT2D eigenvalue weighted by molar-refractivity contribution is -0.107. The third-order valence-electron chi connectivity index (χ3n) is 4.43. The number of amides is 1. The number of methoxy groups -OCH3 is 1. The number of benzene rings is 2. The highest BCUT2D eigenvalue weighted by Crippen LogP contribution is 2.32. The lowest BCUT2D eigenvalue weighted by Gasteiger charge is -2.14. The van der Waals surface area contributed by atoms with Crippen LogP contribution in [0.3, 0.4) is 0 Å². The third-order valence-corrected chi connectivity index (χ3v) is 4.43. The van der Waals surface area contributed by atoms with E-state index in [4.69, 9.17) is 9.47 Å². The van der Waals surface area contributed by atoms with Crippen molar-refractivity contribution in [3.63, 3.8) is 0 Å². The minimum Gasteiger partial charge on any atom is -0.497 e. The zero-order valence-corrected chi connectivity index (χ0v) is 16.9. The fourth-order valence-electron chi connectivity index (χ4n) is 2.93. The number of hydrogen-bond acceptors (Lipinski definition) is 6. The van der Waals surface area contributed by atoms with Gasteiger partial charge in [0.1, 0.15) is 24.4 Å². The zero-order chi connectivity index (χ0) is 21.3. The van der Waals surface area contributed by atoms with Crippen molar-refractivity contribution >= 4 is 17.9 Å². The summed E-state index contributed by atoms with van der Waals surface area (Å²) in [5.41, 5.74) is 2.78. The van der Waals surface area contributed by atoms with E-state index in [1.54, 1.807) is 48.3 Å². The van der Waals surface area contributed by atoms with Crippen molar-refractivity contribution < 1.29 is 19.1 Å². The highest BCUT2D eigenvalue weighted by atomic mass is 16.5. The van der Waals surface area contributed by atoms with Crippen LogP contribution < -0.4 is 20.1 Å². The lowest BCUT2D eigenvalue weighted by atomic mass is 10.1. The van der Waals surface area contributed by atoms with Crippen molar-refractivity contribution in [2.75, 3.05) is 32.1 Å². The van der Waals surface area contributed by atoms with Gasteiger partial charge in [-0.25, -0.2) is 0 Å². The molecule has 156 valence electrons. The molecule has 0 radical (unpaired) electrons. The summed E-state index contributed by atoms with van der Waals surface area (Å²) < 4.78 is 12.8. The van der Waals surface area contributed by atoms with Crippen molar-refractivity contribution in [2.24, 2.45) is 7.05 Å². The summed E-state index contributed by atoms with van der Waals surface area (Å²) in [7, 11) is 3.40. The van der Waals surface area contributed by atoms with Crippen molar-refractivity contribution in [2.45, 2.75) is 0 Å². The number of anilines is 1. The van der Waals surface area contributed by atoms with Crippen LogP contribution in [0.4, 0.5) is 5.69 Å². The van der Waals surface area contributed by atoms with Gasteiger partial charge in [-0.15, -0.1) is 0 Å². The molecule has 3 aromatic rings. The number of hydrogen-bond donors (Lipinski definition) is 2. The van der Waals surface area contributed by atoms with E-state index in [9.17, 15) is 9.59 Å². The number of carbonyl (C=O) groups excluding carboxylic acids is 2.